The van der Waals surface area contributed by atoms with Gasteiger partial charge >= 0.3 is 0 Å². The van der Waals surface area contributed by atoms with Gasteiger partial charge in [0.2, 0.25) is 5.95 Å². The van der Waals surface area contributed by atoms with Crippen LogP contribution in [-0.4, -0.2) is 19.5 Å². The summed E-state index contributed by atoms with van der Waals surface area (Å²) in [6.45, 7) is 0.597. The maximum Gasteiger partial charge on any atom is 0.280 e. The number of nitrogens with two attached hydrogens (primary N) is 1. The second-order valence-electron chi connectivity index (χ2n) is 6.19. The van der Waals surface area contributed by atoms with Crippen LogP contribution in [0.25, 0.3) is 11.2 Å². The number of anilines is 1. The van der Waals surface area contributed by atoms with Gasteiger partial charge in [-0.15, -0.1) is 12.4 Å². The highest BCUT2D eigenvalue weighted by molar-refractivity contribution is 5.85. The Balaban J connectivity index is 0.00000169. The number of hydrogen-bond donors (Lipinski definition) is 2. The molecule has 7 heteroatoms. The van der Waals surface area contributed by atoms with E-state index in [1.165, 1.54) is 17.5 Å². The van der Waals surface area contributed by atoms with E-state index in [0.29, 0.717) is 23.6 Å². The lowest BCUT2D eigenvalue weighted by Gasteiger charge is -2.24. The lowest BCUT2D eigenvalue weighted by atomic mass is 9.82. The number of halogens is 1. The summed E-state index contributed by atoms with van der Waals surface area (Å²) >= 11 is 0. The maximum atomic E-state index is 12.5. The van der Waals surface area contributed by atoms with Crippen LogP contribution >= 0.6 is 12.4 Å². The molecule has 1 aromatic carbocycles. The van der Waals surface area contributed by atoms with E-state index in [2.05, 4.69) is 39.2 Å². The van der Waals surface area contributed by atoms with E-state index in [4.69, 9.17) is 5.73 Å². The van der Waals surface area contributed by atoms with E-state index in [9.17, 15) is 4.79 Å². The molecule has 0 saturated carbocycles. The van der Waals surface area contributed by atoms with Gasteiger partial charge in [0.1, 0.15) is 0 Å². The minimum absolute atomic E-state index is 0. The first-order valence-corrected chi connectivity index (χ1v) is 7.98. The molecule has 0 aliphatic heterocycles. The average Bonchev–Trinajstić information content (AvgIpc) is 3.03. The zero-order chi connectivity index (χ0) is 15.8. The van der Waals surface area contributed by atoms with E-state index >= 15 is 0 Å². The van der Waals surface area contributed by atoms with Crippen LogP contribution in [0.1, 0.15) is 24.0 Å². The van der Waals surface area contributed by atoms with Gasteiger partial charge in [0.25, 0.3) is 5.56 Å². The monoisotopic (exact) mass is 345 g/mol. The molecule has 1 atom stereocenters. The summed E-state index contributed by atoms with van der Waals surface area (Å²) < 4.78 is 1.56. The average molecular weight is 346 g/mol. The highest BCUT2D eigenvalue weighted by Gasteiger charge is 2.19. The van der Waals surface area contributed by atoms with Gasteiger partial charge in [0, 0.05) is 6.54 Å². The molecule has 0 bridgehead atoms. The molecule has 0 saturated heterocycles. The summed E-state index contributed by atoms with van der Waals surface area (Å²) in [5.41, 5.74) is 9.50. The van der Waals surface area contributed by atoms with Gasteiger partial charge in [-0.3, -0.25) is 9.36 Å². The minimum Gasteiger partial charge on any atom is -0.369 e. The van der Waals surface area contributed by atoms with Crippen molar-refractivity contribution in [2.24, 2.45) is 5.92 Å². The van der Waals surface area contributed by atoms with E-state index < -0.39 is 0 Å². The van der Waals surface area contributed by atoms with Crippen LogP contribution in [0.4, 0.5) is 5.95 Å². The molecule has 1 unspecified atom stereocenters. The molecule has 3 N–H and O–H groups in total. The summed E-state index contributed by atoms with van der Waals surface area (Å²) in [6, 6.07) is 8.62. The first-order valence-electron chi connectivity index (χ1n) is 7.98. The molecular weight excluding hydrogens is 326 g/mol. The fraction of sp³-hybridized carbons (Fsp3) is 0.353. The summed E-state index contributed by atoms with van der Waals surface area (Å²) in [6.07, 6.45) is 5.75. The first-order chi connectivity index (χ1) is 11.2. The summed E-state index contributed by atoms with van der Waals surface area (Å²) in [5.74, 6) is 0.819. The SMILES string of the molecule is Cl.Nc1nc2nc[nH]c2c(=O)n1CCC1CCc2ccccc2C1. The van der Waals surface area contributed by atoms with E-state index in [1.807, 2.05) is 0 Å². The molecular formula is C17H20ClN5O. The van der Waals surface area contributed by atoms with Gasteiger partial charge in [-0.1, -0.05) is 24.3 Å². The van der Waals surface area contributed by atoms with Crippen LogP contribution in [0.2, 0.25) is 0 Å². The smallest absolute Gasteiger partial charge is 0.280 e. The predicted octanol–water partition coefficient (Wildman–Crippen LogP) is 2.32. The van der Waals surface area contributed by atoms with Gasteiger partial charge < -0.3 is 10.7 Å². The summed E-state index contributed by atoms with van der Waals surface area (Å²) in [5, 5.41) is 0. The standard InChI is InChI=1S/C17H19N5O.ClH/c18-17-21-15-14(19-10-20-15)16(23)22(17)8-7-11-5-6-12-3-1-2-4-13(12)9-11;/h1-4,10-11H,5-9H2,(H2,18,21)(H,19,20);1H. The fourth-order valence-electron chi connectivity index (χ4n) is 3.48. The molecule has 0 radical (unpaired) electrons. The number of imidazole rings is 1. The first kappa shape index (κ1) is 16.5. The third kappa shape index (κ3) is 2.89. The van der Waals surface area contributed by atoms with Crippen LogP contribution in [0.5, 0.6) is 0 Å². The third-order valence-electron chi connectivity index (χ3n) is 4.79. The van der Waals surface area contributed by atoms with Crippen LogP contribution < -0.4 is 11.3 Å². The van der Waals surface area contributed by atoms with Crippen molar-refractivity contribution >= 4 is 29.5 Å². The van der Waals surface area contributed by atoms with Crippen molar-refractivity contribution in [2.75, 3.05) is 5.73 Å². The van der Waals surface area contributed by atoms with Crippen LogP contribution in [0, 0.1) is 5.92 Å². The topological polar surface area (TPSA) is 89.6 Å². The normalized spacial score (nSPS) is 16.6. The Hall–Kier alpha value is -2.34. The lowest BCUT2D eigenvalue weighted by Crippen LogP contribution is -2.26. The van der Waals surface area contributed by atoms with Gasteiger partial charge in [-0.2, -0.15) is 4.98 Å². The fourth-order valence-corrected chi connectivity index (χ4v) is 3.48. The van der Waals surface area contributed by atoms with Crippen LogP contribution in [0.15, 0.2) is 35.4 Å². The largest absolute Gasteiger partial charge is 0.369 e. The van der Waals surface area contributed by atoms with E-state index in [1.54, 1.807) is 4.57 Å². The van der Waals surface area contributed by atoms with Crippen molar-refractivity contribution in [3.63, 3.8) is 0 Å². The number of H-pyrrole nitrogens is 1. The van der Waals surface area contributed by atoms with Gasteiger partial charge in [0.05, 0.1) is 6.33 Å². The van der Waals surface area contributed by atoms with Crippen molar-refractivity contribution in [3.05, 3.63) is 52.1 Å². The summed E-state index contributed by atoms with van der Waals surface area (Å²) in [7, 11) is 0. The van der Waals surface area contributed by atoms with Gasteiger partial charge in [-0.05, 0) is 42.7 Å². The Kier molecular flexibility index (Phi) is 4.57. The van der Waals surface area contributed by atoms with Crippen molar-refractivity contribution < 1.29 is 0 Å². The number of rotatable bonds is 3. The number of aromatic nitrogens is 4. The Bertz CT molecular complexity index is 917. The third-order valence-corrected chi connectivity index (χ3v) is 4.79. The number of nitrogens with zero attached hydrogens (tertiary/aromatic N) is 3. The van der Waals surface area contributed by atoms with Crippen LogP contribution in [0.3, 0.4) is 0 Å². The van der Waals surface area contributed by atoms with E-state index in [-0.39, 0.29) is 23.9 Å². The van der Waals surface area contributed by atoms with Crippen molar-refractivity contribution in [1.82, 2.24) is 19.5 Å². The number of aromatic amines is 1. The molecule has 126 valence electrons. The predicted molar refractivity (Wildman–Crippen MR) is 96.4 cm³/mol. The van der Waals surface area contributed by atoms with Crippen molar-refractivity contribution in [2.45, 2.75) is 32.2 Å². The van der Waals surface area contributed by atoms with Crippen LogP contribution in [-0.2, 0) is 19.4 Å². The molecule has 1 aliphatic carbocycles. The van der Waals surface area contributed by atoms with Gasteiger partial charge in [0.15, 0.2) is 11.2 Å². The number of hydrogen-bond acceptors (Lipinski definition) is 4. The van der Waals surface area contributed by atoms with Crippen molar-refractivity contribution in [3.8, 4) is 0 Å². The second kappa shape index (κ2) is 6.65. The Labute approximate surface area is 145 Å². The summed E-state index contributed by atoms with van der Waals surface area (Å²) in [4.78, 5) is 23.5. The zero-order valence-corrected chi connectivity index (χ0v) is 14.1. The Morgan fingerprint density at radius 3 is 2.92 bits per heavy atom. The van der Waals surface area contributed by atoms with Gasteiger partial charge in [-0.25, -0.2) is 4.98 Å². The molecule has 4 rings (SSSR count). The Morgan fingerprint density at radius 2 is 2.08 bits per heavy atom. The molecule has 2 aromatic heterocycles. The Morgan fingerprint density at radius 1 is 1.29 bits per heavy atom. The molecule has 0 fully saturated rings. The molecule has 0 spiro atoms. The number of fused-ring (bicyclic) bond motifs is 2. The quantitative estimate of drug-likeness (QED) is 0.762. The molecule has 0 amide bonds. The van der Waals surface area contributed by atoms with Crippen molar-refractivity contribution in [1.29, 1.82) is 0 Å². The molecule has 3 aromatic rings. The number of benzene rings is 1. The number of aryl methyl sites for hydroxylation is 1. The number of nitrogen functional groups attached to an aromatic ring is 1. The molecule has 24 heavy (non-hydrogen) atoms. The molecule has 6 nitrogen and oxygen atoms in total. The molecule has 2 heterocycles. The highest BCUT2D eigenvalue weighted by atomic mass is 35.5. The van der Waals surface area contributed by atoms with E-state index in [0.717, 1.165) is 25.7 Å². The minimum atomic E-state index is -0.138. The highest BCUT2D eigenvalue weighted by Crippen LogP contribution is 2.27. The molecule has 1 aliphatic rings. The number of nitrogens with one attached hydrogen (secondary N) is 1. The lowest BCUT2D eigenvalue weighted by molar-refractivity contribution is 0.397. The zero-order valence-electron chi connectivity index (χ0n) is 13.2. The second-order valence-corrected chi connectivity index (χ2v) is 6.19. The maximum absolute atomic E-state index is 12.5.